The molecule has 4 nitrogen and oxygen atoms in total. The zero-order valence-electron chi connectivity index (χ0n) is 14.1. The smallest absolute Gasteiger partial charge is 0.159 e. The first kappa shape index (κ1) is 16.1. The van der Waals surface area contributed by atoms with Crippen LogP contribution in [0.15, 0.2) is 60.9 Å². The maximum absolute atomic E-state index is 6.21. The highest BCUT2D eigenvalue weighted by Crippen LogP contribution is 2.34. The molecule has 0 saturated heterocycles. The van der Waals surface area contributed by atoms with Crippen molar-refractivity contribution in [1.29, 1.82) is 0 Å². The van der Waals surface area contributed by atoms with Crippen LogP contribution >= 0.6 is 11.6 Å². The van der Waals surface area contributed by atoms with Crippen LogP contribution in [0, 0.1) is 0 Å². The third-order valence-corrected chi connectivity index (χ3v) is 4.69. The summed E-state index contributed by atoms with van der Waals surface area (Å²) in [6.45, 7) is 2.80. The first-order chi connectivity index (χ1) is 12.2. The van der Waals surface area contributed by atoms with Gasteiger partial charge in [-0.05, 0) is 55.1 Å². The zero-order valence-corrected chi connectivity index (χ0v) is 14.8. The Kier molecular flexibility index (Phi) is 4.38. The molecule has 5 heteroatoms. The molecule has 0 spiro atoms. The van der Waals surface area contributed by atoms with Gasteiger partial charge in [0.1, 0.15) is 0 Å². The van der Waals surface area contributed by atoms with Crippen LogP contribution in [0.25, 0.3) is 11.4 Å². The maximum Gasteiger partial charge on any atom is 0.159 e. The van der Waals surface area contributed by atoms with Crippen molar-refractivity contribution < 1.29 is 0 Å². The molecule has 0 radical (unpaired) electrons. The van der Waals surface area contributed by atoms with Gasteiger partial charge in [0.15, 0.2) is 5.82 Å². The largest absolute Gasteiger partial charge is 0.340 e. The van der Waals surface area contributed by atoms with Gasteiger partial charge in [-0.25, -0.2) is 9.97 Å². The van der Waals surface area contributed by atoms with Gasteiger partial charge in [0.25, 0.3) is 0 Å². The molecule has 0 amide bonds. The van der Waals surface area contributed by atoms with Crippen molar-refractivity contribution in [3.8, 4) is 11.4 Å². The van der Waals surface area contributed by atoms with Crippen LogP contribution in [0.3, 0.4) is 0 Å². The van der Waals surface area contributed by atoms with Gasteiger partial charge in [-0.3, -0.25) is 0 Å². The number of nitrogens with zero attached hydrogens (tertiary/aromatic N) is 4. The summed E-state index contributed by atoms with van der Waals surface area (Å²) >= 11 is 6.21. The van der Waals surface area contributed by atoms with E-state index in [1.807, 2.05) is 24.3 Å². The van der Waals surface area contributed by atoms with E-state index in [0.29, 0.717) is 0 Å². The van der Waals surface area contributed by atoms with Crippen molar-refractivity contribution in [2.75, 3.05) is 25.0 Å². The molecule has 1 aliphatic rings. The van der Waals surface area contributed by atoms with E-state index in [0.717, 1.165) is 41.7 Å². The second-order valence-corrected chi connectivity index (χ2v) is 6.72. The molecule has 2 aromatic carbocycles. The summed E-state index contributed by atoms with van der Waals surface area (Å²) in [5.74, 6) is 0.756. The second-order valence-electron chi connectivity index (χ2n) is 6.29. The van der Waals surface area contributed by atoms with Crippen molar-refractivity contribution in [1.82, 2.24) is 14.9 Å². The lowest BCUT2D eigenvalue weighted by molar-refractivity contribution is 0.343. The Hall–Kier alpha value is -2.43. The molecular formula is C20H19ClN4. The standard InChI is InChI=1S/C20H19ClN4/c1-24-10-11-25(18-5-2-4-17(21)13-18)19-7-6-15(12-16(19)14-24)20-22-8-3-9-23-20/h2-9,12-13H,10-11,14H2,1H3. The van der Waals surface area contributed by atoms with E-state index in [1.165, 1.54) is 11.3 Å². The van der Waals surface area contributed by atoms with Gasteiger partial charge in [-0.1, -0.05) is 17.7 Å². The minimum Gasteiger partial charge on any atom is -0.340 e. The topological polar surface area (TPSA) is 32.3 Å². The van der Waals surface area contributed by atoms with Crippen molar-refractivity contribution >= 4 is 23.0 Å². The lowest BCUT2D eigenvalue weighted by Crippen LogP contribution is -2.26. The number of fused-ring (bicyclic) bond motifs is 1. The summed E-state index contributed by atoms with van der Waals surface area (Å²) in [7, 11) is 2.15. The number of rotatable bonds is 2. The third kappa shape index (κ3) is 3.36. The SMILES string of the molecule is CN1CCN(c2cccc(Cl)c2)c2ccc(-c3ncccn3)cc2C1. The molecule has 3 aromatic rings. The third-order valence-electron chi connectivity index (χ3n) is 4.46. The van der Waals surface area contributed by atoms with E-state index in [-0.39, 0.29) is 0 Å². The van der Waals surface area contributed by atoms with Gasteiger partial charge >= 0.3 is 0 Å². The van der Waals surface area contributed by atoms with Gasteiger partial charge in [-0.2, -0.15) is 0 Å². The van der Waals surface area contributed by atoms with Crippen LogP contribution in [0.1, 0.15) is 5.56 Å². The molecule has 0 N–H and O–H groups in total. The number of hydrogen-bond donors (Lipinski definition) is 0. The zero-order chi connectivity index (χ0) is 17.2. The number of likely N-dealkylation sites (N-methyl/N-ethyl adjacent to an activating group) is 1. The Morgan fingerprint density at radius 2 is 1.80 bits per heavy atom. The Balaban J connectivity index is 1.79. The lowest BCUT2D eigenvalue weighted by atomic mass is 10.1. The minimum atomic E-state index is 0.756. The fraction of sp³-hybridized carbons (Fsp3) is 0.200. The van der Waals surface area contributed by atoms with Gasteiger partial charge < -0.3 is 9.80 Å². The summed E-state index contributed by atoms with van der Waals surface area (Å²) in [5, 5.41) is 0.756. The monoisotopic (exact) mass is 350 g/mol. The molecule has 4 rings (SSSR count). The molecule has 126 valence electrons. The van der Waals surface area contributed by atoms with Gasteiger partial charge in [0.05, 0.1) is 0 Å². The highest BCUT2D eigenvalue weighted by atomic mass is 35.5. The Morgan fingerprint density at radius 1 is 0.960 bits per heavy atom. The van der Waals surface area contributed by atoms with Crippen molar-refractivity contribution in [2.45, 2.75) is 6.54 Å². The molecule has 0 bridgehead atoms. The molecule has 0 saturated carbocycles. The molecule has 0 atom stereocenters. The van der Waals surface area contributed by atoms with Crippen molar-refractivity contribution in [3.05, 3.63) is 71.5 Å². The number of hydrogen-bond acceptors (Lipinski definition) is 4. The normalized spacial score (nSPS) is 14.9. The van der Waals surface area contributed by atoms with Crippen LogP contribution in [0.2, 0.25) is 5.02 Å². The Morgan fingerprint density at radius 3 is 2.60 bits per heavy atom. The number of halogens is 1. The fourth-order valence-corrected chi connectivity index (χ4v) is 3.42. The average Bonchev–Trinajstić information content (AvgIpc) is 2.80. The molecular weight excluding hydrogens is 332 g/mol. The van der Waals surface area contributed by atoms with Crippen LogP contribution in [0.5, 0.6) is 0 Å². The van der Waals surface area contributed by atoms with Crippen molar-refractivity contribution in [3.63, 3.8) is 0 Å². The molecule has 0 fully saturated rings. The van der Waals surface area contributed by atoms with E-state index < -0.39 is 0 Å². The van der Waals surface area contributed by atoms with Crippen LogP contribution in [-0.2, 0) is 6.54 Å². The fourth-order valence-electron chi connectivity index (χ4n) is 3.24. The lowest BCUT2D eigenvalue weighted by Gasteiger charge is -2.25. The number of benzene rings is 2. The first-order valence-corrected chi connectivity index (χ1v) is 8.70. The minimum absolute atomic E-state index is 0.756. The Bertz CT molecular complexity index is 882. The molecule has 2 heterocycles. The molecule has 1 aliphatic heterocycles. The summed E-state index contributed by atoms with van der Waals surface area (Å²) in [6.07, 6.45) is 3.55. The predicted molar refractivity (Wildman–Crippen MR) is 102 cm³/mol. The van der Waals surface area contributed by atoms with Crippen LogP contribution in [-0.4, -0.2) is 35.0 Å². The highest BCUT2D eigenvalue weighted by Gasteiger charge is 2.20. The van der Waals surface area contributed by atoms with Gasteiger partial charge in [-0.15, -0.1) is 0 Å². The van der Waals surface area contributed by atoms with Gasteiger partial charge in [0.2, 0.25) is 0 Å². The number of aromatic nitrogens is 2. The van der Waals surface area contributed by atoms with E-state index in [1.54, 1.807) is 12.4 Å². The first-order valence-electron chi connectivity index (χ1n) is 8.33. The van der Waals surface area contributed by atoms with E-state index in [2.05, 4.69) is 51.1 Å². The average molecular weight is 351 g/mol. The maximum atomic E-state index is 6.21. The summed E-state index contributed by atoms with van der Waals surface area (Å²) in [5.41, 5.74) is 4.64. The summed E-state index contributed by atoms with van der Waals surface area (Å²) in [4.78, 5) is 13.4. The predicted octanol–water partition coefficient (Wildman–Crippen LogP) is 4.38. The van der Waals surface area contributed by atoms with Gasteiger partial charge in [0, 0.05) is 54.0 Å². The van der Waals surface area contributed by atoms with Crippen LogP contribution in [0.4, 0.5) is 11.4 Å². The molecule has 0 aliphatic carbocycles. The molecule has 1 aromatic heterocycles. The quantitative estimate of drug-likeness (QED) is 0.686. The molecule has 0 unspecified atom stereocenters. The highest BCUT2D eigenvalue weighted by molar-refractivity contribution is 6.30. The molecule has 25 heavy (non-hydrogen) atoms. The summed E-state index contributed by atoms with van der Waals surface area (Å²) in [6, 6.07) is 16.3. The van der Waals surface area contributed by atoms with E-state index >= 15 is 0 Å². The van der Waals surface area contributed by atoms with E-state index in [4.69, 9.17) is 11.6 Å². The van der Waals surface area contributed by atoms with Crippen LogP contribution < -0.4 is 4.90 Å². The summed E-state index contributed by atoms with van der Waals surface area (Å²) < 4.78 is 0. The Labute approximate surface area is 152 Å². The second kappa shape index (κ2) is 6.82. The van der Waals surface area contributed by atoms with Crippen molar-refractivity contribution in [2.24, 2.45) is 0 Å². The van der Waals surface area contributed by atoms with E-state index in [9.17, 15) is 0 Å². The number of anilines is 2.